The van der Waals surface area contributed by atoms with Crippen LogP contribution >= 0.6 is 0 Å². The van der Waals surface area contributed by atoms with Gasteiger partial charge in [-0.25, -0.2) is 4.98 Å². The van der Waals surface area contributed by atoms with E-state index in [0.717, 1.165) is 46.5 Å². The van der Waals surface area contributed by atoms with Crippen LogP contribution in [-0.4, -0.2) is 14.1 Å². The van der Waals surface area contributed by atoms with Gasteiger partial charge in [-0.3, -0.25) is 4.57 Å². The van der Waals surface area contributed by atoms with Crippen LogP contribution in [0, 0.1) is 0 Å². The second-order valence-corrected chi connectivity index (χ2v) is 14.7. The first-order valence-electron chi connectivity index (χ1n) is 19.4. The van der Waals surface area contributed by atoms with Crippen molar-refractivity contribution >= 4 is 44.4 Å². The van der Waals surface area contributed by atoms with Crippen molar-refractivity contribution in [2.45, 2.75) is 12.8 Å². The van der Waals surface area contributed by atoms with Crippen molar-refractivity contribution in [3.05, 3.63) is 211 Å². The van der Waals surface area contributed by atoms with E-state index in [4.69, 9.17) is 4.98 Å². The molecule has 0 fully saturated rings. The first-order valence-corrected chi connectivity index (χ1v) is 19.4. The summed E-state index contributed by atoms with van der Waals surface area (Å²) < 4.78 is 4.84. The van der Waals surface area contributed by atoms with E-state index in [2.05, 4.69) is 209 Å². The van der Waals surface area contributed by atoms with E-state index in [1.165, 1.54) is 66.4 Å². The van der Waals surface area contributed by atoms with Gasteiger partial charge in [0.15, 0.2) is 0 Å². The lowest BCUT2D eigenvalue weighted by molar-refractivity contribution is 0.980. The fourth-order valence-corrected chi connectivity index (χ4v) is 8.80. The van der Waals surface area contributed by atoms with Crippen LogP contribution in [0.4, 0.5) is 0 Å². The van der Waals surface area contributed by atoms with E-state index >= 15 is 0 Å². The molecule has 0 bridgehead atoms. The van der Waals surface area contributed by atoms with Gasteiger partial charge < -0.3 is 4.57 Å². The number of allylic oxidation sites excluding steroid dienone is 1. The molecule has 0 atom stereocenters. The molecule has 10 aromatic rings. The SMILES string of the molecule is C1=C(c2ccc3c4ccccc4n(-c4cc(-c5ccccc5)cc(-c5ccccc5)n4)c3c2)CCc2c1n(-c1cccc(-c3ccccc3)c1)c1ccccc21. The molecule has 3 heteroatoms. The van der Waals surface area contributed by atoms with Gasteiger partial charge in [0.1, 0.15) is 5.82 Å². The predicted molar refractivity (Wildman–Crippen MR) is 234 cm³/mol. The molecule has 3 nitrogen and oxygen atoms in total. The van der Waals surface area contributed by atoms with Crippen LogP contribution in [0.3, 0.4) is 0 Å². The van der Waals surface area contributed by atoms with Crippen LogP contribution in [0.15, 0.2) is 194 Å². The molecule has 1 aliphatic rings. The zero-order valence-electron chi connectivity index (χ0n) is 30.8. The maximum atomic E-state index is 5.39. The molecule has 0 aliphatic heterocycles. The first-order chi connectivity index (χ1) is 27.8. The van der Waals surface area contributed by atoms with Crippen LogP contribution in [-0.2, 0) is 6.42 Å². The van der Waals surface area contributed by atoms with Crippen molar-refractivity contribution in [2.24, 2.45) is 0 Å². The number of nitrogens with zero attached hydrogens (tertiary/aromatic N) is 3. The van der Waals surface area contributed by atoms with Crippen molar-refractivity contribution < 1.29 is 0 Å². The summed E-state index contributed by atoms with van der Waals surface area (Å²) >= 11 is 0. The van der Waals surface area contributed by atoms with Crippen LogP contribution < -0.4 is 0 Å². The Morgan fingerprint density at radius 1 is 0.375 bits per heavy atom. The molecule has 0 spiro atoms. The molecule has 0 saturated heterocycles. The molecule has 0 amide bonds. The quantitative estimate of drug-likeness (QED) is 0.168. The Labute approximate surface area is 326 Å². The minimum atomic E-state index is 0.909. The van der Waals surface area contributed by atoms with E-state index in [1.54, 1.807) is 0 Å². The van der Waals surface area contributed by atoms with Crippen LogP contribution in [0.2, 0.25) is 0 Å². The number of hydrogen-bond donors (Lipinski definition) is 0. The van der Waals surface area contributed by atoms with Crippen molar-refractivity contribution in [1.29, 1.82) is 0 Å². The Morgan fingerprint density at radius 2 is 0.982 bits per heavy atom. The highest BCUT2D eigenvalue weighted by Crippen LogP contribution is 2.41. The average molecular weight is 716 g/mol. The minimum absolute atomic E-state index is 0.909. The number of aromatic nitrogens is 3. The summed E-state index contributed by atoms with van der Waals surface area (Å²) in [5.74, 6) is 0.909. The molecular weight excluding hydrogens is 679 g/mol. The number of benzene rings is 7. The Balaban J connectivity index is 1.10. The fourth-order valence-electron chi connectivity index (χ4n) is 8.80. The third-order valence-electron chi connectivity index (χ3n) is 11.4. The molecule has 56 heavy (non-hydrogen) atoms. The summed E-state index contributed by atoms with van der Waals surface area (Å²) in [4.78, 5) is 5.39. The Kier molecular flexibility index (Phi) is 7.63. The van der Waals surface area contributed by atoms with E-state index in [1.807, 2.05) is 0 Å². The molecule has 0 unspecified atom stereocenters. The number of hydrogen-bond acceptors (Lipinski definition) is 1. The number of pyridine rings is 1. The third-order valence-corrected chi connectivity index (χ3v) is 11.4. The maximum Gasteiger partial charge on any atom is 0.138 e. The van der Waals surface area contributed by atoms with Gasteiger partial charge in [0.2, 0.25) is 0 Å². The standard InChI is InChI=1S/C53H37N3/c1-4-15-36(16-5-1)39-21-14-22-43(31-39)55-49-25-12-10-23-44(49)46-29-27-40(33-51(46)55)41-28-30-47-45-24-11-13-26-50(45)56(52(47)34-41)53-35-42(37-17-6-2-7-18-37)32-48(54-53)38-19-8-3-9-20-38/h1-26,28,30-35H,27,29H2. The summed E-state index contributed by atoms with van der Waals surface area (Å²) in [6.45, 7) is 0. The lowest BCUT2D eigenvalue weighted by Gasteiger charge is -2.18. The summed E-state index contributed by atoms with van der Waals surface area (Å²) in [7, 11) is 0. The van der Waals surface area contributed by atoms with Crippen LogP contribution in [0.1, 0.15) is 23.2 Å². The fraction of sp³-hybridized carbons (Fsp3) is 0.0377. The number of para-hydroxylation sites is 2. The summed E-state index contributed by atoms with van der Waals surface area (Å²) in [5, 5.41) is 3.78. The van der Waals surface area contributed by atoms with Gasteiger partial charge in [-0.05, 0) is 100 Å². The smallest absolute Gasteiger partial charge is 0.138 e. The van der Waals surface area contributed by atoms with E-state index in [9.17, 15) is 0 Å². The largest absolute Gasteiger partial charge is 0.310 e. The molecule has 0 N–H and O–H groups in total. The van der Waals surface area contributed by atoms with Crippen molar-refractivity contribution in [3.8, 4) is 45.0 Å². The van der Waals surface area contributed by atoms with E-state index in [-0.39, 0.29) is 0 Å². The van der Waals surface area contributed by atoms with Gasteiger partial charge in [-0.2, -0.15) is 0 Å². The number of fused-ring (bicyclic) bond motifs is 6. The molecule has 264 valence electrons. The van der Waals surface area contributed by atoms with Gasteiger partial charge in [-0.1, -0.05) is 152 Å². The second kappa shape index (κ2) is 13.3. The van der Waals surface area contributed by atoms with E-state index < -0.39 is 0 Å². The highest BCUT2D eigenvalue weighted by molar-refractivity contribution is 6.10. The molecule has 3 heterocycles. The zero-order valence-corrected chi connectivity index (χ0v) is 30.8. The van der Waals surface area contributed by atoms with Crippen molar-refractivity contribution in [2.75, 3.05) is 0 Å². The van der Waals surface area contributed by atoms with Crippen LogP contribution in [0.5, 0.6) is 0 Å². The Morgan fingerprint density at radius 3 is 1.73 bits per heavy atom. The molecule has 11 rings (SSSR count). The highest BCUT2D eigenvalue weighted by Gasteiger charge is 2.23. The molecular formula is C53H37N3. The van der Waals surface area contributed by atoms with Crippen molar-refractivity contribution in [1.82, 2.24) is 14.1 Å². The number of rotatable bonds is 6. The van der Waals surface area contributed by atoms with E-state index in [0.29, 0.717) is 0 Å². The number of aryl methyl sites for hydroxylation is 1. The van der Waals surface area contributed by atoms with Gasteiger partial charge in [0.05, 0.1) is 27.9 Å². The highest BCUT2D eigenvalue weighted by atomic mass is 15.1. The third kappa shape index (κ3) is 5.39. The minimum Gasteiger partial charge on any atom is -0.310 e. The Bertz CT molecular complexity index is 3050. The monoisotopic (exact) mass is 715 g/mol. The van der Waals surface area contributed by atoms with Gasteiger partial charge >= 0.3 is 0 Å². The normalized spacial score (nSPS) is 12.6. The average Bonchev–Trinajstić information content (AvgIpc) is 3.79. The first kappa shape index (κ1) is 32.2. The lowest BCUT2D eigenvalue weighted by atomic mass is 9.90. The Hall–Kier alpha value is -7.23. The summed E-state index contributed by atoms with van der Waals surface area (Å²) in [6.07, 6.45) is 4.40. The molecule has 1 aliphatic carbocycles. The zero-order chi connectivity index (χ0) is 37.0. The van der Waals surface area contributed by atoms with Crippen LogP contribution in [0.25, 0.3) is 89.4 Å². The van der Waals surface area contributed by atoms with Gasteiger partial charge in [-0.15, -0.1) is 0 Å². The predicted octanol–water partition coefficient (Wildman–Crippen LogP) is 13.6. The molecule has 7 aromatic carbocycles. The van der Waals surface area contributed by atoms with Gasteiger partial charge in [0, 0.05) is 27.4 Å². The lowest BCUT2D eigenvalue weighted by Crippen LogP contribution is -2.04. The maximum absolute atomic E-state index is 5.39. The summed E-state index contributed by atoms with van der Waals surface area (Å²) in [5.41, 5.74) is 16.8. The van der Waals surface area contributed by atoms with Crippen molar-refractivity contribution in [3.63, 3.8) is 0 Å². The molecule has 3 aromatic heterocycles. The summed E-state index contributed by atoms with van der Waals surface area (Å²) in [6, 6.07) is 69.9. The molecule has 0 radical (unpaired) electrons. The topological polar surface area (TPSA) is 22.8 Å². The van der Waals surface area contributed by atoms with Gasteiger partial charge in [0.25, 0.3) is 0 Å². The molecule has 0 saturated carbocycles. The second-order valence-electron chi connectivity index (χ2n) is 14.7.